The van der Waals surface area contributed by atoms with E-state index < -0.39 is 0 Å². The molecule has 4 fully saturated rings. The molecule has 2 bridgehead atoms. The molecule has 3 aliphatic carbocycles. The lowest BCUT2D eigenvalue weighted by atomic mass is 9.53. The number of hydrogen-bond donors (Lipinski definition) is 1. The summed E-state index contributed by atoms with van der Waals surface area (Å²) in [5.41, 5.74) is 2.23. The summed E-state index contributed by atoms with van der Waals surface area (Å²) in [6.45, 7) is 1.69. The molecule has 1 atom stereocenters. The first kappa shape index (κ1) is 15.3. The van der Waals surface area contributed by atoms with Crippen LogP contribution < -0.4 is 0 Å². The standard InChI is InChI=1S/C18H26N2O3/c21-12-14-11-15(20-19-14)18-7-4-17(5-8-18,6-9-18)13-23-16-3-1-2-10-22-16/h11-12,16H,1-10,13H2,(H,19,20). The van der Waals surface area contributed by atoms with Crippen LogP contribution in [0.4, 0.5) is 0 Å². The SMILES string of the molecule is O=Cc1cc(C23CCC(COC4CCCCO4)(CC2)CC3)[nH]n1. The fourth-order valence-electron chi connectivity index (χ4n) is 4.67. The molecular weight excluding hydrogens is 292 g/mol. The third-order valence-electron chi connectivity index (χ3n) is 6.40. The zero-order chi connectivity index (χ0) is 15.8. The Bertz CT molecular complexity index is 538. The second-order valence-corrected chi connectivity index (χ2v) is 7.71. The highest BCUT2D eigenvalue weighted by Gasteiger charge is 2.50. The number of fused-ring (bicyclic) bond motifs is 3. The smallest absolute Gasteiger partial charge is 0.170 e. The van der Waals surface area contributed by atoms with Gasteiger partial charge in [-0.05, 0) is 69.3 Å². The molecule has 0 radical (unpaired) electrons. The Morgan fingerprint density at radius 2 is 2.04 bits per heavy atom. The maximum atomic E-state index is 10.9. The Hall–Kier alpha value is -1.20. The summed E-state index contributed by atoms with van der Waals surface area (Å²) < 4.78 is 11.8. The van der Waals surface area contributed by atoms with Crippen LogP contribution in [0.1, 0.15) is 74.0 Å². The molecule has 2 heterocycles. The predicted octanol–water partition coefficient (Wildman–Crippen LogP) is 3.36. The molecule has 1 aromatic heterocycles. The molecule has 1 unspecified atom stereocenters. The molecule has 5 heteroatoms. The van der Waals surface area contributed by atoms with Crippen LogP contribution in [0.25, 0.3) is 0 Å². The highest BCUT2D eigenvalue weighted by molar-refractivity contribution is 5.71. The van der Waals surface area contributed by atoms with Gasteiger partial charge in [0.1, 0.15) is 5.69 Å². The van der Waals surface area contributed by atoms with E-state index in [0.717, 1.165) is 31.6 Å². The molecule has 3 saturated carbocycles. The maximum Gasteiger partial charge on any atom is 0.170 e. The summed E-state index contributed by atoms with van der Waals surface area (Å²) in [5, 5.41) is 7.21. The predicted molar refractivity (Wildman–Crippen MR) is 85.3 cm³/mol. The van der Waals surface area contributed by atoms with Crippen LogP contribution in [0.3, 0.4) is 0 Å². The Labute approximate surface area is 137 Å². The monoisotopic (exact) mass is 318 g/mol. The third-order valence-corrected chi connectivity index (χ3v) is 6.40. The lowest BCUT2D eigenvalue weighted by Gasteiger charge is -2.53. The molecule has 1 saturated heterocycles. The van der Waals surface area contributed by atoms with Crippen molar-refractivity contribution < 1.29 is 14.3 Å². The van der Waals surface area contributed by atoms with Crippen molar-refractivity contribution in [1.82, 2.24) is 10.2 Å². The molecule has 0 spiro atoms. The zero-order valence-electron chi connectivity index (χ0n) is 13.7. The minimum absolute atomic E-state index is 0.0227. The van der Waals surface area contributed by atoms with E-state index in [1.54, 1.807) is 0 Å². The highest BCUT2D eigenvalue weighted by atomic mass is 16.7. The third kappa shape index (κ3) is 2.85. The van der Waals surface area contributed by atoms with Crippen LogP contribution in [-0.4, -0.2) is 36.0 Å². The number of H-pyrrole nitrogens is 1. The van der Waals surface area contributed by atoms with E-state index in [1.807, 2.05) is 6.07 Å². The van der Waals surface area contributed by atoms with Gasteiger partial charge in [-0.1, -0.05) is 0 Å². The molecular formula is C18H26N2O3. The number of aldehydes is 1. The van der Waals surface area contributed by atoms with Crippen molar-refractivity contribution in [3.05, 3.63) is 17.5 Å². The van der Waals surface area contributed by atoms with Crippen LogP contribution in [0.2, 0.25) is 0 Å². The summed E-state index contributed by atoms with van der Waals surface area (Å²) in [7, 11) is 0. The number of rotatable bonds is 5. The first-order valence-electron chi connectivity index (χ1n) is 8.98. The lowest BCUT2D eigenvalue weighted by molar-refractivity contribution is -0.188. The Morgan fingerprint density at radius 3 is 2.65 bits per heavy atom. The Balaban J connectivity index is 1.38. The van der Waals surface area contributed by atoms with Gasteiger partial charge in [0.15, 0.2) is 12.6 Å². The van der Waals surface area contributed by atoms with Gasteiger partial charge in [-0.3, -0.25) is 9.89 Å². The highest BCUT2D eigenvalue weighted by Crippen LogP contribution is 2.57. The first-order chi connectivity index (χ1) is 11.2. The van der Waals surface area contributed by atoms with E-state index in [4.69, 9.17) is 9.47 Å². The summed E-state index contributed by atoms with van der Waals surface area (Å²) in [6, 6.07) is 1.94. The van der Waals surface area contributed by atoms with Gasteiger partial charge in [-0.15, -0.1) is 0 Å². The summed E-state index contributed by atoms with van der Waals surface area (Å²) >= 11 is 0. The van der Waals surface area contributed by atoms with Gasteiger partial charge in [0.25, 0.3) is 0 Å². The van der Waals surface area contributed by atoms with E-state index in [0.29, 0.717) is 11.1 Å². The number of aromatic amines is 1. The minimum Gasteiger partial charge on any atom is -0.353 e. The number of hydrogen-bond acceptors (Lipinski definition) is 4. The van der Waals surface area contributed by atoms with Crippen molar-refractivity contribution in [2.45, 2.75) is 69.5 Å². The van der Waals surface area contributed by atoms with Gasteiger partial charge < -0.3 is 9.47 Å². The van der Waals surface area contributed by atoms with Crippen molar-refractivity contribution in [2.75, 3.05) is 13.2 Å². The van der Waals surface area contributed by atoms with Crippen molar-refractivity contribution in [2.24, 2.45) is 5.41 Å². The average Bonchev–Trinajstić information content (AvgIpc) is 3.13. The van der Waals surface area contributed by atoms with E-state index in [2.05, 4.69) is 10.2 Å². The number of aromatic nitrogens is 2. The van der Waals surface area contributed by atoms with Gasteiger partial charge in [0.2, 0.25) is 0 Å². The molecule has 1 aromatic rings. The van der Waals surface area contributed by atoms with Gasteiger partial charge in [0, 0.05) is 17.7 Å². The fraction of sp³-hybridized carbons (Fsp3) is 0.778. The van der Waals surface area contributed by atoms with Crippen molar-refractivity contribution >= 4 is 6.29 Å². The summed E-state index contributed by atoms with van der Waals surface area (Å²) in [4.78, 5) is 10.9. The van der Waals surface area contributed by atoms with Crippen LogP contribution in [0.15, 0.2) is 6.07 Å². The normalized spacial score (nSPS) is 37.0. The van der Waals surface area contributed by atoms with Crippen LogP contribution >= 0.6 is 0 Å². The van der Waals surface area contributed by atoms with Crippen LogP contribution in [-0.2, 0) is 14.9 Å². The average molecular weight is 318 g/mol. The van der Waals surface area contributed by atoms with Crippen molar-refractivity contribution in [3.8, 4) is 0 Å². The maximum absolute atomic E-state index is 10.9. The van der Waals surface area contributed by atoms with E-state index in [-0.39, 0.29) is 11.7 Å². The first-order valence-corrected chi connectivity index (χ1v) is 8.98. The molecule has 5 nitrogen and oxygen atoms in total. The summed E-state index contributed by atoms with van der Waals surface area (Å²) in [6.07, 6.45) is 11.4. The van der Waals surface area contributed by atoms with Gasteiger partial charge in [0.05, 0.1) is 6.61 Å². The van der Waals surface area contributed by atoms with Gasteiger partial charge in [-0.25, -0.2) is 0 Å². The quantitative estimate of drug-likeness (QED) is 0.846. The van der Waals surface area contributed by atoms with Gasteiger partial charge >= 0.3 is 0 Å². The van der Waals surface area contributed by atoms with Gasteiger partial charge in [-0.2, -0.15) is 5.10 Å². The van der Waals surface area contributed by atoms with Crippen molar-refractivity contribution in [3.63, 3.8) is 0 Å². The minimum atomic E-state index is 0.0227. The zero-order valence-corrected chi connectivity index (χ0v) is 13.7. The number of nitrogens with one attached hydrogen (secondary N) is 1. The fourth-order valence-corrected chi connectivity index (χ4v) is 4.67. The Kier molecular flexibility index (Phi) is 4.01. The van der Waals surface area contributed by atoms with E-state index >= 15 is 0 Å². The molecule has 126 valence electrons. The molecule has 23 heavy (non-hydrogen) atoms. The second kappa shape index (κ2) is 6.02. The largest absolute Gasteiger partial charge is 0.353 e. The van der Waals surface area contributed by atoms with E-state index in [9.17, 15) is 4.79 Å². The van der Waals surface area contributed by atoms with E-state index in [1.165, 1.54) is 51.4 Å². The Morgan fingerprint density at radius 1 is 1.26 bits per heavy atom. The number of carbonyl (C=O) groups excluding carboxylic acids is 1. The molecule has 0 amide bonds. The van der Waals surface area contributed by atoms with Crippen LogP contribution in [0, 0.1) is 5.41 Å². The topological polar surface area (TPSA) is 64.2 Å². The van der Waals surface area contributed by atoms with Crippen molar-refractivity contribution in [1.29, 1.82) is 0 Å². The summed E-state index contributed by atoms with van der Waals surface area (Å²) in [5.74, 6) is 0. The van der Waals surface area contributed by atoms with Crippen LogP contribution in [0.5, 0.6) is 0 Å². The number of carbonyl (C=O) groups is 1. The lowest BCUT2D eigenvalue weighted by Crippen LogP contribution is -2.47. The molecule has 4 aliphatic rings. The number of nitrogens with zero attached hydrogens (tertiary/aromatic N) is 1. The molecule has 0 aromatic carbocycles. The second-order valence-electron chi connectivity index (χ2n) is 7.71. The molecule has 5 rings (SSSR count). The molecule has 1 N–H and O–H groups in total. The number of ether oxygens (including phenoxy) is 2. The molecule has 1 aliphatic heterocycles.